The third kappa shape index (κ3) is 2.94. The van der Waals surface area contributed by atoms with Gasteiger partial charge >= 0.3 is 0 Å². The number of hydrogen-bond donors (Lipinski definition) is 2. The van der Waals surface area contributed by atoms with Crippen molar-refractivity contribution in [1.82, 2.24) is 5.32 Å². The van der Waals surface area contributed by atoms with Gasteiger partial charge in [0.1, 0.15) is 0 Å². The van der Waals surface area contributed by atoms with Crippen LogP contribution in [0.1, 0.15) is 27.0 Å². The standard InChI is InChI=1S/C16H18N2O/c1-11-6-3-4-7-13(11)10-18-16(19)14-8-5-9-15(17)12(14)2/h3-9H,10,17H2,1-2H3,(H,18,19). The predicted molar refractivity (Wildman–Crippen MR) is 77.9 cm³/mol. The lowest BCUT2D eigenvalue weighted by atomic mass is 10.1. The molecule has 0 aliphatic heterocycles. The summed E-state index contributed by atoms with van der Waals surface area (Å²) in [7, 11) is 0. The van der Waals surface area contributed by atoms with Crippen molar-refractivity contribution in [2.75, 3.05) is 5.73 Å². The zero-order valence-corrected chi connectivity index (χ0v) is 11.2. The molecule has 3 N–H and O–H groups in total. The topological polar surface area (TPSA) is 55.1 Å². The second kappa shape index (κ2) is 5.57. The van der Waals surface area contributed by atoms with Crippen molar-refractivity contribution in [1.29, 1.82) is 0 Å². The Kier molecular flexibility index (Phi) is 3.85. The smallest absolute Gasteiger partial charge is 0.251 e. The van der Waals surface area contributed by atoms with Crippen LogP contribution < -0.4 is 11.1 Å². The molecule has 2 aromatic rings. The summed E-state index contributed by atoms with van der Waals surface area (Å²) >= 11 is 0. The van der Waals surface area contributed by atoms with Crippen LogP contribution in [0.5, 0.6) is 0 Å². The lowest BCUT2D eigenvalue weighted by molar-refractivity contribution is 0.0950. The van der Waals surface area contributed by atoms with E-state index in [4.69, 9.17) is 5.73 Å². The molecule has 0 aliphatic carbocycles. The molecule has 0 aromatic heterocycles. The maximum Gasteiger partial charge on any atom is 0.251 e. The van der Waals surface area contributed by atoms with E-state index in [-0.39, 0.29) is 5.91 Å². The average molecular weight is 254 g/mol. The second-order valence-corrected chi connectivity index (χ2v) is 4.63. The second-order valence-electron chi connectivity index (χ2n) is 4.63. The SMILES string of the molecule is Cc1ccccc1CNC(=O)c1cccc(N)c1C. The molecule has 3 heteroatoms. The summed E-state index contributed by atoms with van der Waals surface area (Å²) in [4.78, 5) is 12.1. The molecule has 2 aromatic carbocycles. The Morgan fingerprint density at radius 2 is 1.84 bits per heavy atom. The number of carbonyl (C=O) groups is 1. The molecular formula is C16H18N2O. The Hall–Kier alpha value is -2.29. The first-order valence-corrected chi connectivity index (χ1v) is 6.27. The van der Waals surface area contributed by atoms with Gasteiger partial charge < -0.3 is 11.1 Å². The van der Waals surface area contributed by atoms with E-state index in [1.807, 2.05) is 38.1 Å². The first kappa shape index (κ1) is 13.1. The van der Waals surface area contributed by atoms with Gasteiger partial charge in [0, 0.05) is 17.8 Å². The maximum atomic E-state index is 12.1. The van der Waals surface area contributed by atoms with Crippen LogP contribution in [0.4, 0.5) is 5.69 Å². The summed E-state index contributed by atoms with van der Waals surface area (Å²) in [6.45, 7) is 4.42. The number of carbonyl (C=O) groups excluding carboxylic acids is 1. The van der Waals surface area contributed by atoms with Crippen LogP contribution in [0.25, 0.3) is 0 Å². The van der Waals surface area contributed by atoms with Crippen molar-refractivity contribution in [3.8, 4) is 0 Å². The maximum absolute atomic E-state index is 12.1. The molecule has 0 unspecified atom stereocenters. The normalized spacial score (nSPS) is 10.2. The molecule has 0 saturated carbocycles. The highest BCUT2D eigenvalue weighted by Gasteiger charge is 2.10. The summed E-state index contributed by atoms with van der Waals surface area (Å²) in [5, 5.41) is 2.93. The molecular weight excluding hydrogens is 236 g/mol. The van der Waals surface area contributed by atoms with E-state index in [0.717, 1.165) is 11.1 Å². The molecule has 0 saturated heterocycles. The zero-order chi connectivity index (χ0) is 13.8. The van der Waals surface area contributed by atoms with Crippen LogP contribution in [0.2, 0.25) is 0 Å². The number of nitrogens with two attached hydrogens (primary N) is 1. The molecule has 0 fully saturated rings. The van der Waals surface area contributed by atoms with Crippen LogP contribution in [-0.2, 0) is 6.54 Å². The Balaban J connectivity index is 2.10. The summed E-state index contributed by atoms with van der Waals surface area (Å²) in [5.41, 5.74) is 10.2. The third-order valence-electron chi connectivity index (χ3n) is 3.32. The Labute approximate surface area is 113 Å². The number of hydrogen-bond acceptors (Lipinski definition) is 2. The van der Waals surface area contributed by atoms with Crippen molar-refractivity contribution in [3.63, 3.8) is 0 Å². The van der Waals surface area contributed by atoms with Gasteiger partial charge in [-0.25, -0.2) is 0 Å². The van der Waals surface area contributed by atoms with Gasteiger partial charge in [-0.15, -0.1) is 0 Å². The minimum absolute atomic E-state index is 0.0898. The van der Waals surface area contributed by atoms with E-state index in [1.165, 1.54) is 5.56 Å². The highest BCUT2D eigenvalue weighted by atomic mass is 16.1. The van der Waals surface area contributed by atoms with Gasteiger partial charge in [-0.05, 0) is 42.7 Å². The lowest BCUT2D eigenvalue weighted by Gasteiger charge is -2.10. The molecule has 3 nitrogen and oxygen atoms in total. The first-order chi connectivity index (χ1) is 9.09. The van der Waals surface area contributed by atoms with Crippen LogP contribution in [0.15, 0.2) is 42.5 Å². The number of aryl methyl sites for hydroxylation is 1. The van der Waals surface area contributed by atoms with Crippen molar-refractivity contribution in [3.05, 3.63) is 64.7 Å². The van der Waals surface area contributed by atoms with Gasteiger partial charge in [0.05, 0.1) is 0 Å². The zero-order valence-electron chi connectivity index (χ0n) is 11.2. The van der Waals surface area contributed by atoms with E-state index in [1.54, 1.807) is 18.2 Å². The van der Waals surface area contributed by atoms with Crippen LogP contribution >= 0.6 is 0 Å². The molecule has 19 heavy (non-hydrogen) atoms. The van der Waals surface area contributed by atoms with E-state index >= 15 is 0 Å². The monoisotopic (exact) mass is 254 g/mol. The van der Waals surface area contributed by atoms with Crippen LogP contribution in [-0.4, -0.2) is 5.91 Å². The van der Waals surface area contributed by atoms with E-state index in [2.05, 4.69) is 5.32 Å². The minimum Gasteiger partial charge on any atom is -0.398 e. The third-order valence-corrected chi connectivity index (χ3v) is 3.32. The highest BCUT2D eigenvalue weighted by Crippen LogP contribution is 2.15. The first-order valence-electron chi connectivity index (χ1n) is 6.27. The number of rotatable bonds is 3. The van der Waals surface area contributed by atoms with E-state index < -0.39 is 0 Å². The number of anilines is 1. The molecule has 0 aliphatic rings. The van der Waals surface area contributed by atoms with Gasteiger partial charge in [-0.1, -0.05) is 30.3 Å². The van der Waals surface area contributed by atoms with E-state index in [9.17, 15) is 4.79 Å². The van der Waals surface area contributed by atoms with Gasteiger partial charge in [-0.3, -0.25) is 4.79 Å². The molecule has 0 heterocycles. The van der Waals surface area contributed by atoms with Crippen molar-refractivity contribution >= 4 is 11.6 Å². The Morgan fingerprint density at radius 1 is 1.11 bits per heavy atom. The summed E-state index contributed by atoms with van der Waals surface area (Å²) in [5.74, 6) is -0.0898. The molecule has 98 valence electrons. The quantitative estimate of drug-likeness (QED) is 0.827. The van der Waals surface area contributed by atoms with Gasteiger partial charge in [0.25, 0.3) is 5.91 Å². The minimum atomic E-state index is -0.0898. The van der Waals surface area contributed by atoms with Crippen LogP contribution in [0.3, 0.4) is 0 Å². The molecule has 0 radical (unpaired) electrons. The van der Waals surface area contributed by atoms with Gasteiger partial charge in [0.15, 0.2) is 0 Å². The highest BCUT2D eigenvalue weighted by molar-refractivity contribution is 5.96. The largest absolute Gasteiger partial charge is 0.398 e. The Morgan fingerprint density at radius 3 is 2.58 bits per heavy atom. The van der Waals surface area contributed by atoms with Crippen molar-refractivity contribution < 1.29 is 4.79 Å². The van der Waals surface area contributed by atoms with Gasteiger partial charge in [0.2, 0.25) is 0 Å². The number of nitrogen functional groups attached to an aromatic ring is 1. The van der Waals surface area contributed by atoms with Crippen molar-refractivity contribution in [2.45, 2.75) is 20.4 Å². The van der Waals surface area contributed by atoms with Crippen molar-refractivity contribution in [2.24, 2.45) is 0 Å². The summed E-state index contributed by atoms with van der Waals surface area (Å²) in [6.07, 6.45) is 0. The number of amides is 1. The summed E-state index contributed by atoms with van der Waals surface area (Å²) < 4.78 is 0. The Bertz CT molecular complexity index is 605. The number of nitrogens with one attached hydrogen (secondary N) is 1. The fourth-order valence-electron chi connectivity index (χ4n) is 1.98. The molecule has 0 atom stereocenters. The van der Waals surface area contributed by atoms with Crippen LogP contribution in [0, 0.1) is 13.8 Å². The van der Waals surface area contributed by atoms with E-state index in [0.29, 0.717) is 17.8 Å². The fraction of sp³-hybridized carbons (Fsp3) is 0.188. The molecule has 2 rings (SSSR count). The molecule has 1 amide bonds. The molecule has 0 spiro atoms. The average Bonchev–Trinajstić information content (AvgIpc) is 2.40. The fourth-order valence-corrected chi connectivity index (χ4v) is 1.98. The predicted octanol–water partition coefficient (Wildman–Crippen LogP) is 2.82. The number of benzene rings is 2. The molecule has 0 bridgehead atoms. The summed E-state index contributed by atoms with van der Waals surface area (Å²) in [6, 6.07) is 13.4. The lowest BCUT2D eigenvalue weighted by Crippen LogP contribution is -2.24. The van der Waals surface area contributed by atoms with Gasteiger partial charge in [-0.2, -0.15) is 0 Å².